The Labute approximate surface area is 125 Å². The first-order chi connectivity index (χ1) is 10.6. The third-order valence-corrected chi connectivity index (χ3v) is 3.29. The van der Waals surface area contributed by atoms with Crippen LogP contribution in [0.4, 0.5) is 10.1 Å². The van der Waals surface area contributed by atoms with Gasteiger partial charge in [-0.25, -0.2) is 4.39 Å². The summed E-state index contributed by atoms with van der Waals surface area (Å²) in [4.78, 5) is 37.0. The first-order valence-corrected chi connectivity index (χ1v) is 6.57. The van der Waals surface area contributed by atoms with Gasteiger partial charge in [0.15, 0.2) is 0 Å². The van der Waals surface area contributed by atoms with Crippen molar-refractivity contribution in [3.63, 3.8) is 0 Å². The normalized spacial score (nSPS) is 13.2. The number of hydrogen-bond acceptors (Lipinski definition) is 3. The van der Waals surface area contributed by atoms with E-state index in [0.717, 1.165) is 11.0 Å². The summed E-state index contributed by atoms with van der Waals surface area (Å²) in [6, 6.07) is 11.8. The molecule has 2 aromatic carbocycles. The van der Waals surface area contributed by atoms with Gasteiger partial charge in [0, 0.05) is 5.69 Å². The van der Waals surface area contributed by atoms with E-state index in [1.54, 1.807) is 24.3 Å². The van der Waals surface area contributed by atoms with Crippen molar-refractivity contribution in [1.82, 2.24) is 4.90 Å². The van der Waals surface area contributed by atoms with E-state index in [9.17, 15) is 18.8 Å². The fourth-order valence-corrected chi connectivity index (χ4v) is 2.29. The zero-order valence-corrected chi connectivity index (χ0v) is 11.4. The van der Waals surface area contributed by atoms with Crippen LogP contribution < -0.4 is 5.32 Å². The number of nitrogens with one attached hydrogen (secondary N) is 1. The van der Waals surface area contributed by atoms with Gasteiger partial charge in [0.2, 0.25) is 5.91 Å². The summed E-state index contributed by atoms with van der Waals surface area (Å²) in [5.74, 6) is -2.07. The lowest BCUT2D eigenvalue weighted by atomic mass is 10.1. The van der Waals surface area contributed by atoms with Gasteiger partial charge in [0.25, 0.3) is 11.8 Å². The quantitative estimate of drug-likeness (QED) is 0.882. The number of carbonyl (C=O) groups is 3. The van der Waals surface area contributed by atoms with Gasteiger partial charge in [0.05, 0.1) is 11.1 Å². The summed E-state index contributed by atoms with van der Waals surface area (Å²) < 4.78 is 13.1. The Balaban J connectivity index is 1.73. The summed E-state index contributed by atoms with van der Waals surface area (Å²) in [5.41, 5.74) is 0.832. The lowest BCUT2D eigenvalue weighted by molar-refractivity contribution is -0.116. The third-order valence-electron chi connectivity index (χ3n) is 3.29. The van der Waals surface area contributed by atoms with E-state index in [2.05, 4.69) is 5.32 Å². The molecule has 5 nitrogen and oxygen atoms in total. The van der Waals surface area contributed by atoms with E-state index >= 15 is 0 Å². The number of nitrogens with zero attached hydrogens (tertiary/aromatic N) is 1. The van der Waals surface area contributed by atoms with E-state index < -0.39 is 30.1 Å². The monoisotopic (exact) mass is 298 g/mol. The molecule has 0 saturated carbocycles. The number of hydrogen-bond donors (Lipinski definition) is 1. The molecule has 3 amide bonds. The molecule has 22 heavy (non-hydrogen) atoms. The Morgan fingerprint density at radius 1 is 1.00 bits per heavy atom. The minimum absolute atomic E-state index is 0.265. The standard InChI is InChI=1S/C16H11FN2O3/c17-10-4-3-5-11(8-10)18-14(20)9-19-15(21)12-6-1-2-7-13(12)16(19)22/h1-8H,9H2,(H,18,20). The molecule has 0 spiro atoms. The molecule has 2 aromatic rings. The van der Waals surface area contributed by atoms with Gasteiger partial charge in [-0.2, -0.15) is 0 Å². The maximum atomic E-state index is 13.1. The zero-order chi connectivity index (χ0) is 15.7. The van der Waals surface area contributed by atoms with Crippen molar-refractivity contribution in [3.8, 4) is 0 Å². The molecule has 1 N–H and O–H groups in total. The minimum Gasteiger partial charge on any atom is -0.324 e. The predicted octanol–water partition coefficient (Wildman–Crippen LogP) is 2.06. The maximum absolute atomic E-state index is 13.1. The molecule has 110 valence electrons. The van der Waals surface area contributed by atoms with Gasteiger partial charge < -0.3 is 5.32 Å². The molecular formula is C16H11FN2O3. The van der Waals surface area contributed by atoms with Crippen LogP contribution in [0, 0.1) is 5.82 Å². The number of benzene rings is 2. The fraction of sp³-hybridized carbons (Fsp3) is 0.0625. The number of amides is 3. The SMILES string of the molecule is O=C(CN1C(=O)c2ccccc2C1=O)Nc1cccc(F)c1. The molecule has 3 rings (SSSR count). The molecule has 1 aliphatic rings. The van der Waals surface area contributed by atoms with E-state index in [4.69, 9.17) is 0 Å². The van der Waals surface area contributed by atoms with Gasteiger partial charge in [-0.05, 0) is 30.3 Å². The molecular weight excluding hydrogens is 287 g/mol. The molecule has 1 heterocycles. The van der Waals surface area contributed by atoms with Crippen LogP contribution >= 0.6 is 0 Å². The molecule has 1 aliphatic heterocycles. The Bertz CT molecular complexity index is 753. The molecule has 0 radical (unpaired) electrons. The average molecular weight is 298 g/mol. The number of imide groups is 1. The van der Waals surface area contributed by atoms with Gasteiger partial charge in [-0.1, -0.05) is 18.2 Å². The number of carbonyl (C=O) groups excluding carboxylic acids is 3. The number of fused-ring (bicyclic) bond motifs is 1. The van der Waals surface area contributed by atoms with E-state index in [0.29, 0.717) is 0 Å². The molecule has 0 saturated heterocycles. The van der Waals surface area contributed by atoms with E-state index in [1.807, 2.05) is 0 Å². The molecule has 0 aromatic heterocycles. The first-order valence-electron chi connectivity index (χ1n) is 6.57. The van der Waals surface area contributed by atoms with Crippen LogP contribution in [0.3, 0.4) is 0 Å². The molecule has 0 bridgehead atoms. The topological polar surface area (TPSA) is 66.5 Å². The highest BCUT2D eigenvalue weighted by Crippen LogP contribution is 2.22. The number of rotatable bonds is 3. The van der Waals surface area contributed by atoms with Crippen LogP contribution in [0.1, 0.15) is 20.7 Å². The van der Waals surface area contributed by atoms with Crippen LogP contribution in [-0.4, -0.2) is 29.2 Å². The van der Waals surface area contributed by atoms with Crippen LogP contribution in [-0.2, 0) is 4.79 Å². The maximum Gasteiger partial charge on any atom is 0.262 e. The Hall–Kier alpha value is -3.02. The van der Waals surface area contributed by atoms with Crippen LogP contribution in [0.15, 0.2) is 48.5 Å². The molecule has 0 atom stereocenters. The van der Waals surface area contributed by atoms with Crippen LogP contribution in [0.5, 0.6) is 0 Å². The highest BCUT2D eigenvalue weighted by atomic mass is 19.1. The van der Waals surface area contributed by atoms with Crippen LogP contribution in [0.2, 0.25) is 0 Å². The van der Waals surface area contributed by atoms with Crippen molar-refractivity contribution >= 4 is 23.4 Å². The molecule has 0 unspecified atom stereocenters. The van der Waals surface area contributed by atoms with Crippen molar-refractivity contribution in [2.75, 3.05) is 11.9 Å². The minimum atomic E-state index is -0.569. The second-order valence-electron chi connectivity index (χ2n) is 4.80. The highest BCUT2D eigenvalue weighted by Gasteiger charge is 2.36. The fourth-order valence-electron chi connectivity index (χ4n) is 2.29. The largest absolute Gasteiger partial charge is 0.324 e. The molecule has 0 aliphatic carbocycles. The van der Waals surface area contributed by atoms with Crippen LogP contribution in [0.25, 0.3) is 0 Å². The van der Waals surface area contributed by atoms with Crippen molar-refractivity contribution in [3.05, 3.63) is 65.5 Å². The number of anilines is 1. The first kappa shape index (κ1) is 13.9. The highest BCUT2D eigenvalue weighted by molar-refractivity contribution is 6.22. The van der Waals surface area contributed by atoms with Crippen molar-refractivity contribution in [2.24, 2.45) is 0 Å². The lowest BCUT2D eigenvalue weighted by Gasteiger charge is -2.13. The second kappa shape index (κ2) is 5.40. The van der Waals surface area contributed by atoms with E-state index in [1.165, 1.54) is 18.2 Å². The summed E-state index contributed by atoms with van der Waals surface area (Å²) in [6.07, 6.45) is 0. The van der Waals surface area contributed by atoms with Gasteiger partial charge in [-0.15, -0.1) is 0 Å². The summed E-state index contributed by atoms with van der Waals surface area (Å²) in [6.45, 7) is -0.414. The summed E-state index contributed by atoms with van der Waals surface area (Å²) >= 11 is 0. The predicted molar refractivity (Wildman–Crippen MR) is 76.8 cm³/mol. The van der Waals surface area contributed by atoms with Gasteiger partial charge in [0.1, 0.15) is 12.4 Å². The van der Waals surface area contributed by atoms with Crippen molar-refractivity contribution in [2.45, 2.75) is 0 Å². The Morgan fingerprint density at radius 3 is 2.23 bits per heavy atom. The van der Waals surface area contributed by atoms with Gasteiger partial charge in [-0.3, -0.25) is 19.3 Å². The van der Waals surface area contributed by atoms with E-state index in [-0.39, 0.29) is 16.8 Å². The average Bonchev–Trinajstić information content (AvgIpc) is 2.73. The smallest absolute Gasteiger partial charge is 0.262 e. The lowest BCUT2D eigenvalue weighted by Crippen LogP contribution is -2.37. The molecule has 0 fully saturated rings. The Kier molecular flexibility index (Phi) is 3.42. The number of halogens is 1. The van der Waals surface area contributed by atoms with Gasteiger partial charge >= 0.3 is 0 Å². The van der Waals surface area contributed by atoms with Crippen molar-refractivity contribution < 1.29 is 18.8 Å². The molecule has 6 heteroatoms. The summed E-state index contributed by atoms with van der Waals surface area (Å²) in [7, 11) is 0. The van der Waals surface area contributed by atoms with Crippen molar-refractivity contribution in [1.29, 1.82) is 0 Å². The second-order valence-corrected chi connectivity index (χ2v) is 4.80. The summed E-state index contributed by atoms with van der Waals surface area (Å²) in [5, 5.41) is 2.45. The Morgan fingerprint density at radius 2 is 1.64 bits per heavy atom. The zero-order valence-electron chi connectivity index (χ0n) is 11.4. The third kappa shape index (κ3) is 2.46.